The van der Waals surface area contributed by atoms with Gasteiger partial charge in [0.25, 0.3) is 0 Å². The van der Waals surface area contributed by atoms with Crippen molar-refractivity contribution in [2.75, 3.05) is 6.61 Å². The summed E-state index contributed by atoms with van der Waals surface area (Å²) in [5, 5.41) is 8.57. The molecule has 62 valence electrons. The topological polar surface area (TPSA) is 24.1 Å². The van der Waals surface area contributed by atoms with Crippen LogP contribution in [-0.2, 0) is 6.54 Å². The van der Waals surface area contributed by atoms with Gasteiger partial charge in [0.05, 0.1) is 0 Å². The largest absolute Gasteiger partial charge is 1.00 e. The summed E-state index contributed by atoms with van der Waals surface area (Å²) in [5.41, 5.74) is 1.24. The van der Waals surface area contributed by atoms with Crippen LogP contribution < -0.4 is 21.5 Å². The first-order chi connectivity index (χ1) is 4.83. The number of hydrogen-bond donors (Lipinski definition) is 1. The maximum absolute atomic E-state index is 8.57. The van der Waals surface area contributed by atoms with Crippen LogP contribution in [0.5, 0.6) is 0 Å². The van der Waals surface area contributed by atoms with Crippen LogP contribution in [-0.4, -0.2) is 11.7 Å². The molecule has 3 heteroatoms. The number of halogens is 1. The molecule has 0 fully saturated rings. The Kier molecular flexibility index (Phi) is 5.07. The van der Waals surface area contributed by atoms with Crippen molar-refractivity contribution < 1.29 is 26.7 Å². The second kappa shape index (κ2) is 5.27. The van der Waals surface area contributed by atoms with E-state index in [1.807, 2.05) is 36.0 Å². The first kappa shape index (κ1) is 10.6. The third kappa shape index (κ3) is 3.49. The van der Waals surface area contributed by atoms with Crippen LogP contribution in [0.1, 0.15) is 5.56 Å². The van der Waals surface area contributed by atoms with Gasteiger partial charge in [0.1, 0.15) is 6.61 Å². The molecule has 0 aliphatic carbocycles. The number of pyridine rings is 1. The quantitative estimate of drug-likeness (QED) is 0.536. The molecular weight excluding hydrogens is 206 g/mol. The molecule has 0 spiro atoms. The Morgan fingerprint density at radius 3 is 2.36 bits per heavy atom. The van der Waals surface area contributed by atoms with E-state index in [-0.39, 0.29) is 23.6 Å². The van der Waals surface area contributed by atoms with E-state index in [9.17, 15) is 0 Å². The Labute approximate surface area is 77.3 Å². The van der Waals surface area contributed by atoms with Crippen molar-refractivity contribution in [2.45, 2.75) is 13.5 Å². The first-order valence-electron chi connectivity index (χ1n) is 3.39. The monoisotopic (exact) mass is 217 g/mol. The van der Waals surface area contributed by atoms with Crippen LogP contribution >= 0.6 is 0 Å². The molecule has 1 aromatic heterocycles. The number of aryl methyl sites for hydroxylation is 1. The molecule has 0 atom stereocenters. The number of nitrogens with zero attached hydrogens (tertiary/aromatic N) is 1. The molecule has 0 aliphatic heterocycles. The van der Waals surface area contributed by atoms with Crippen molar-refractivity contribution in [3.63, 3.8) is 0 Å². The average molecular weight is 218 g/mol. The molecule has 1 rings (SSSR count). The van der Waals surface area contributed by atoms with Gasteiger partial charge in [-0.15, -0.1) is 0 Å². The lowest BCUT2D eigenvalue weighted by Crippen LogP contribution is -3.00. The molecule has 0 aromatic carbocycles. The molecule has 1 N–H and O–H groups in total. The zero-order valence-corrected chi connectivity index (χ0v) is 8.08. The van der Waals surface area contributed by atoms with Gasteiger partial charge in [-0.1, -0.05) is 0 Å². The molecule has 0 saturated carbocycles. The Bertz CT molecular complexity index is 198. The highest BCUT2D eigenvalue weighted by molar-refractivity contribution is 5.03. The fraction of sp³-hybridized carbons (Fsp3) is 0.375. The van der Waals surface area contributed by atoms with Crippen LogP contribution in [0.2, 0.25) is 0 Å². The Morgan fingerprint density at radius 2 is 1.91 bits per heavy atom. The van der Waals surface area contributed by atoms with Crippen molar-refractivity contribution in [2.24, 2.45) is 0 Å². The second-order valence-electron chi connectivity index (χ2n) is 2.34. The van der Waals surface area contributed by atoms with E-state index in [0.717, 1.165) is 0 Å². The predicted molar refractivity (Wildman–Crippen MR) is 38.5 cm³/mol. The van der Waals surface area contributed by atoms with Gasteiger partial charge in [-0.25, -0.2) is 4.57 Å². The minimum Gasteiger partial charge on any atom is -1.00 e. The number of aliphatic hydroxyl groups is 1. The van der Waals surface area contributed by atoms with E-state index < -0.39 is 0 Å². The summed E-state index contributed by atoms with van der Waals surface area (Å²) in [6.07, 6.45) is 3.93. The predicted octanol–water partition coefficient (Wildman–Crippen LogP) is -2.72. The fourth-order valence-electron chi connectivity index (χ4n) is 0.796. The standard InChI is InChI=1S/C8H12NO.BrH/c1-8-2-4-9(5-3-8)6-7-10;/h2-5,10H,6-7H2,1H3;1H/q+1;/p-1. The SMILES string of the molecule is Cc1cc[n+](CCO)cc1.[Br-]. The van der Waals surface area contributed by atoms with E-state index in [1.165, 1.54) is 5.56 Å². The average Bonchev–Trinajstić information content (AvgIpc) is 1.95. The summed E-state index contributed by atoms with van der Waals surface area (Å²) < 4.78 is 1.95. The highest BCUT2D eigenvalue weighted by Gasteiger charge is 1.94. The maximum Gasteiger partial charge on any atom is 0.171 e. The van der Waals surface area contributed by atoms with E-state index in [0.29, 0.717) is 6.54 Å². The van der Waals surface area contributed by atoms with Crippen molar-refractivity contribution in [3.8, 4) is 0 Å². The molecule has 11 heavy (non-hydrogen) atoms. The number of hydrogen-bond acceptors (Lipinski definition) is 1. The fourth-order valence-corrected chi connectivity index (χ4v) is 0.796. The van der Waals surface area contributed by atoms with Gasteiger partial charge in [0, 0.05) is 12.1 Å². The second-order valence-corrected chi connectivity index (χ2v) is 2.34. The Hall–Kier alpha value is -0.410. The summed E-state index contributed by atoms with van der Waals surface area (Å²) in [6.45, 7) is 2.93. The molecule has 0 radical (unpaired) electrons. The van der Waals surface area contributed by atoms with Gasteiger partial charge in [-0.3, -0.25) is 0 Å². The van der Waals surface area contributed by atoms with Crippen LogP contribution in [0.3, 0.4) is 0 Å². The minimum atomic E-state index is 0. The van der Waals surface area contributed by atoms with E-state index in [2.05, 4.69) is 0 Å². The van der Waals surface area contributed by atoms with Crippen molar-refractivity contribution in [1.82, 2.24) is 0 Å². The lowest BCUT2D eigenvalue weighted by Gasteiger charge is -1.92. The zero-order valence-electron chi connectivity index (χ0n) is 6.50. The number of aromatic nitrogens is 1. The molecule has 1 aromatic rings. The molecular formula is C8H12BrNO. The molecule has 0 unspecified atom stereocenters. The van der Waals surface area contributed by atoms with Gasteiger partial charge < -0.3 is 22.1 Å². The maximum atomic E-state index is 8.57. The number of aliphatic hydroxyl groups excluding tert-OH is 1. The molecule has 0 aliphatic rings. The van der Waals surface area contributed by atoms with Crippen LogP contribution in [0.15, 0.2) is 24.5 Å². The van der Waals surface area contributed by atoms with Gasteiger partial charge in [0.2, 0.25) is 0 Å². The molecule has 2 nitrogen and oxygen atoms in total. The summed E-state index contributed by atoms with van der Waals surface area (Å²) in [5.74, 6) is 0. The van der Waals surface area contributed by atoms with Gasteiger partial charge in [-0.05, 0) is 12.5 Å². The summed E-state index contributed by atoms with van der Waals surface area (Å²) in [4.78, 5) is 0. The summed E-state index contributed by atoms with van der Waals surface area (Å²) in [6, 6.07) is 4.05. The van der Waals surface area contributed by atoms with Crippen LogP contribution in [0.4, 0.5) is 0 Å². The third-order valence-corrected chi connectivity index (χ3v) is 1.42. The van der Waals surface area contributed by atoms with Gasteiger partial charge in [-0.2, -0.15) is 0 Å². The smallest absolute Gasteiger partial charge is 0.171 e. The molecule has 1 heterocycles. The number of rotatable bonds is 2. The lowest BCUT2D eigenvalue weighted by atomic mass is 10.3. The zero-order chi connectivity index (χ0) is 7.40. The summed E-state index contributed by atoms with van der Waals surface area (Å²) in [7, 11) is 0. The van der Waals surface area contributed by atoms with Gasteiger partial charge in [0.15, 0.2) is 18.9 Å². The Morgan fingerprint density at radius 1 is 1.36 bits per heavy atom. The van der Waals surface area contributed by atoms with Crippen molar-refractivity contribution >= 4 is 0 Å². The molecule has 0 amide bonds. The summed E-state index contributed by atoms with van der Waals surface area (Å²) >= 11 is 0. The first-order valence-corrected chi connectivity index (χ1v) is 3.39. The van der Waals surface area contributed by atoms with Gasteiger partial charge >= 0.3 is 0 Å². The molecule has 0 bridgehead atoms. The van der Waals surface area contributed by atoms with E-state index >= 15 is 0 Å². The van der Waals surface area contributed by atoms with Crippen LogP contribution in [0.25, 0.3) is 0 Å². The highest BCUT2D eigenvalue weighted by Crippen LogP contribution is 1.88. The normalized spacial score (nSPS) is 8.91. The third-order valence-electron chi connectivity index (χ3n) is 1.42. The highest BCUT2D eigenvalue weighted by atomic mass is 79.9. The van der Waals surface area contributed by atoms with E-state index in [1.54, 1.807) is 0 Å². The molecule has 0 saturated heterocycles. The van der Waals surface area contributed by atoms with Crippen molar-refractivity contribution in [3.05, 3.63) is 30.1 Å². The Balaban J connectivity index is 0.000001000. The van der Waals surface area contributed by atoms with Crippen LogP contribution in [0, 0.1) is 6.92 Å². The van der Waals surface area contributed by atoms with Crippen molar-refractivity contribution in [1.29, 1.82) is 0 Å². The lowest BCUT2D eigenvalue weighted by molar-refractivity contribution is -0.698. The minimum absolute atomic E-state index is 0. The van der Waals surface area contributed by atoms with E-state index in [4.69, 9.17) is 5.11 Å².